The van der Waals surface area contributed by atoms with Gasteiger partial charge in [-0.1, -0.05) is 5.16 Å². The first-order chi connectivity index (χ1) is 18.8. The van der Waals surface area contributed by atoms with Gasteiger partial charge in [-0.25, -0.2) is 23.8 Å². The smallest absolute Gasteiger partial charge is 0.328 e. The second kappa shape index (κ2) is 8.14. The van der Waals surface area contributed by atoms with E-state index in [0.29, 0.717) is 22.2 Å². The number of morpholine rings is 1. The predicted molar refractivity (Wildman–Crippen MR) is 131 cm³/mol. The molecule has 3 aliphatic rings. The molecular weight excluding hydrogens is 511 g/mol. The Balaban J connectivity index is 1.40. The lowest BCUT2D eigenvalue weighted by Crippen LogP contribution is -2.75. The molecule has 3 atom stereocenters. The number of ether oxygens (including phenoxy) is 1. The summed E-state index contributed by atoms with van der Waals surface area (Å²) >= 11 is 0. The van der Waals surface area contributed by atoms with Crippen LogP contribution in [0.1, 0.15) is 19.4 Å². The molecule has 0 saturated carbocycles. The standard InChI is InChI=1S/C25H21FN8O5/c1-11-8-33-18-13(6-25(20(33)12(2)38-11)22(35)30-24(37)31-23(25)36)5-15-19(17(18)26)39-32-21(15)34-9-14(7-29-34)16-3-4-27-10-28-16/h3-5,7,9-12,20H,6,8H2,1-2H3,(H2,30,31,35,36,37)/t11-,12+,20-/m0/s1. The molecule has 6 heterocycles. The second-order valence-corrected chi connectivity index (χ2v) is 9.98. The maximum atomic E-state index is 16.3. The van der Waals surface area contributed by atoms with Gasteiger partial charge in [0.05, 0.1) is 41.2 Å². The van der Waals surface area contributed by atoms with Gasteiger partial charge in [-0.3, -0.25) is 20.2 Å². The van der Waals surface area contributed by atoms with E-state index in [1.807, 2.05) is 6.92 Å². The Labute approximate surface area is 219 Å². The van der Waals surface area contributed by atoms with Crippen molar-refractivity contribution in [3.05, 3.63) is 48.4 Å². The maximum Gasteiger partial charge on any atom is 0.328 e. The molecule has 1 spiro atoms. The van der Waals surface area contributed by atoms with Crippen LogP contribution in [-0.2, 0) is 20.7 Å². The molecule has 0 bridgehead atoms. The van der Waals surface area contributed by atoms with Gasteiger partial charge in [-0.15, -0.1) is 0 Å². The molecule has 2 saturated heterocycles. The topological polar surface area (TPSA) is 157 Å². The number of halogens is 1. The van der Waals surface area contributed by atoms with Crippen LogP contribution in [0.2, 0.25) is 0 Å². The molecule has 2 fully saturated rings. The third-order valence-electron chi connectivity index (χ3n) is 7.62. The number of hydrogen-bond acceptors (Lipinski definition) is 10. The first-order valence-electron chi connectivity index (χ1n) is 12.3. The highest BCUT2D eigenvalue weighted by Crippen LogP contribution is 2.49. The molecule has 4 aromatic rings. The zero-order valence-electron chi connectivity index (χ0n) is 20.7. The van der Waals surface area contributed by atoms with Crippen molar-refractivity contribution in [2.24, 2.45) is 5.41 Å². The summed E-state index contributed by atoms with van der Waals surface area (Å²) in [6.07, 6.45) is 5.17. The van der Waals surface area contributed by atoms with Crippen LogP contribution in [0.15, 0.2) is 41.6 Å². The van der Waals surface area contributed by atoms with Gasteiger partial charge in [0.15, 0.2) is 11.2 Å². The first-order valence-corrected chi connectivity index (χ1v) is 12.3. The highest BCUT2D eigenvalue weighted by Gasteiger charge is 2.63. The number of benzene rings is 1. The maximum absolute atomic E-state index is 16.3. The van der Waals surface area contributed by atoms with Crippen molar-refractivity contribution in [1.82, 2.24) is 35.5 Å². The summed E-state index contributed by atoms with van der Waals surface area (Å²) < 4.78 is 29.2. The van der Waals surface area contributed by atoms with Crippen molar-refractivity contribution in [2.75, 3.05) is 11.4 Å². The predicted octanol–water partition coefficient (Wildman–Crippen LogP) is 1.50. The Hall–Kier alpha value is -4.72. The molecular formula is C25H21FN8O5. The number of hydrogen-bond donors (Lipinski definition) is 2. The fraction of sp³-hybridized carbons (Fsp3) is 0.320. The molecule has 198 valence electrons. The molecule has 7 rings (SSSR count). The van der Waals surface area contributed by atoms with Crippen molar-refractivity contribution in [3.63, 3.8) is 0 Å². The number of carbonyl (C=O) groups excluding carboxylic acids is 3. The number of imide groups is 2. The molecule has 4 amide bonds. The van der Waals surface area contributed by atoms with Crippen LogP contribution in [0.3, 0.4) is 0 Å². The van der Waals surface area contributed by atoms with E-state index in [2.05, 4.69) is 30.9 Å². The summed E-state index contributed by atoms with van der Waals surface area (Å²) in [7, 11) is 0. The number of aromatic nitrogens is 5. The third-order valence-corrected chi connectivity index (χ3v) is 7.62. The summed E-state index contributed by atoms with van der Waals surface area (Å²) in [4.78, 5) is 48.5. The lowest BCUT2D eigenvalue weighted by atomic mass is 9.66. The van der Waals surface area contributed by atoms with Crippen molar-refractivity contribution in [1.29, 1.82) is 0 Å². The number of fused-ring (bicyclic) bond motifs is 5. The van der Waals surface area contributed by atoms with E-state index in [1.165, 1.54) is 11.0 Å². The number of nitrogens with one attached hydrogen (secondary N) is 2. The van der Waals surface area contributed by atoms with Gasteiger partial charge < -0.3 is 14.2 Å². The Morgan fingerprint density at radius 2 is 1.97 bits per heavy atom. The molecule has 2 N–H and O–H groups in total. The molecule has 0 unspecified atom stereocenters. The van der Waals surface area contributed by atoms with Crippen LogP contribution in [-0.4, -0.2) is 67.5 Å². The summed E-state index contributed by atoms with van der Waals surface area (Å²) in [6.45, 7) is 3.77. The Morgan fingerprint density at radius 3 is 2.72 bits per heavy atom. The fourth-order valence-corrected chi connectivity index (χ4v) is 6.13. The van der Waals surface area contributed by atoms with Gasteiger partial charge in [0, 0.05) is 30.9 Å². The summed E-state index contributed by atoms with van der Waals surface area (Å²) in [5.41, 5.74) is 0.110. The van der Waals surface area contributed by atoms with Crippen LogP contribution >= 0.6 is 0 Å². The van der Waals surface area contributed by atoms with Crippen molar-refractivity contribution in [2.45, 2.75) is 38.5 Å². The van der Waals surface area contributed by atoms with Crippen molar-refractivity contribution < 1.29 is 28.0 Å². The number of barbiturate groups is 1. The largest absolute Gasteiger partial charge is 0.372 e. The normalized spacial score (nSPS) is 23.9. The number of rotatable bonds is 2. The SMILES string of the molecule is C[C@H]1CN2c3c(cc4c(-n5cc(-c6ccncn6)cn5)noc4c3F)CC3(C(=O)NC(=O)NC3=O)[C@@H]2[C@@H](C)O1. The van der Waals surface area contributed by atoms with E-state index in [-0.39, 0.29) is 36.2 Å². The van der Waals surface area contributed by atoms with Crippen LogP contribution in [0, 0.1) is 11.2 Å². The number of amides is 4. The summed E-state index contributed by atoms with van der Waals surface area (Å²) in [6, 6.07) is 1.62. The van der Waals surface area contributed by atoms with Gasteiger partial charge in [0.1, 0.15) is 6.33 Å². The number of urea groups is 1. The molecule has 39 heavy (non-hydrogen) atoms. The van der Waals surface area contributed by atoms with Crippen molar-refractivity contribution in [3.8, 4) is 17.1 Å². The van der Waals surface area contributed by atoms with Crippen LogP contribution in [0.5, 0.6) is 0 Å². The third kappa shape index (κ3) is 3.24. The van der Waals surface area contributed by atoms with E-state index in [0.717, 1.165) is 0 Å². The number of anilines is 1. The molecule has 13 nitrogen and oxygen atoms in total. The minimum atomic E-state index is -1.73. The summed E-state index contributed by atoms with van der Waals surface area (Å²) in [5.74, 6) is -1.96. The van der Waals surface area contributed by atoms with E-state index >= 15 is 4.39 Å². The van der Waals surface area contributed by atoms with E-state index in [9.17, 15) is 14.4 Å². The monoisotopic (exact) mass is 532 g/mol. The van der Waals surface area contributed by atoms with Crippen LogP contribution in [0.25, 0.3) is 28.0 Å². The Morgan fingerprint density at radius 1 is 1.18 bits per heavy atom. The van der Waals surface area contributed by atoms with Crippen molar-refractivity contribution >= 4 is 34.5 Å². The molecule has 0 aliphatic carbocycles. The second-order valence-electron chi connectivity index (χ2n) is 9.98. The average Bonchev–Trinajstić information content (AvgIpc) is 3.55. The van der Waals surface area contributed by atoms with E-state index in [4.69, 9.17) is 9.26 Å². The molecule has 14 heteroatoms. The van der Waals surface area contributed by atoms with Gasteiger partial charge in [-0.05, 0) is 31.5 Å². The first kappa shape index (κ1) is 23.4. The molecule has 3 aromatic heterocycles. The Kier molecular flexibility index (Phi) is 4.88. The van der Waals surface area contributed by atoms with E-state index in [1.54, 1.807) is 42.5 Å². The number of nitrogens with zero attached hydrogens (tertiary/aromatic N) is 6. The highest BCUT2D eigenvalue weighted by molar-refractivity contribution is 6.20. The van der Waals surface area contributed by atoms with Gasteiger partial charge in [-0.2, -0.15) is 5.10 Å². The molecule has 3 aliphatic heterocycles. The van der Waals surface area contributed by atoms with Crippen LogP contribution < -0.4 is 15.5 Å². The minimum absolute atomic E-state index is 0.0861. The quantitative estimate of drug-likeness (QED) is 0.363. The summed E-state index contributed by atoms with van der Waals surface area (Å²) in [5, 5.41) is 13.2. The van der Waals surface area contributed by atoms with E-state index < -0.39 is 41.2 Å². The highest BCUT2D eigenvalue weighted by atomic mass is 19.1. The van der Waals surface area contributed by atoms with Crippen LogP contribution in [0.4, 0.5) is 14.9 Å². The lowest BCUT2D eigenvalue weighted by Gasteiger charge is -2.55. The lowest BCUT2D eigenvalue weighted by molar-refractivity contribution is -0.153. The zero-order valence-corrected chi connectivity index (χ0v) is 20.7. The zero-order chi connectivity index (χ0) is 27.1. The van der Waals surface area contributed by atoms with Gasteiger partial charge in [0.25, 0.3) is 0 Å². The molecule has 1 aromatic carbocycles. The average molecular weight is 532 g/mol. The minimum Gasteiger partial charge on any atom is -0.372 e. The molecule has 0 radical (unpaired) electrons. The Bertz CT molecular complexity index is 1660. The number of carbonyl (C=O) groups is 3. The van der Waals surface area contributed by atoms with Gasteiger partial charge >= 0.3 is 6.03 Å². The fourth-order valence-electron chi connectivity index (χ4n) is 6.13. The van der Waals surface area contributed by atoms with Gasteiger partial charge in [0.2, 0.25) is 23.2 Å².